The Labute approximate surface area is 76.5 Å². The van der Waals surface area contributed by atoms with E-state index in [2.05, 4.69) is 11.6 Å². The lowest BCUT2D eigenvalue weighted by Crippen LogP contribution is -2.46. The van der Waals surface area contributed by atoms with Gasteiger partial charge in [0.15, 0.2) is 0 Å². The van der Waals surface area contributed by atoms with E-state index in [1.54, 1.807) is 0 Å². The molecule has 0 N–H and O–H groups in total. The number of hydrogen-bond acceptors (Lipinski definition) is 1. The second kappa shape index (κ2) is 3.79. The molecule has 0 aromatic heterocycles. The van der Waals surface area contributed by atoms with Gasteiger partial charge in [0.1, 0.15) is 0 Å². The average molecular weight is 249 g/mol. The van der Waals surface area contributed by atoms with Crippen molar-refractivity contribution in [3.63, 3.8) is 0 Å². The molecule has 0 radical (unpaired) electrons. The molecule has 1 nitrogen and oxygen atoms in total. The molecule has 0 unspecified atom stereocenters. The molecule has 0 rings (SSSR count). The molecule has 0 aromatic rings. The summed E-state index contributed by atoms with van der Waals surface area (Å²) >= 11 is 4.03. The second-order valence-electron chi connectivity index (χ2n) is 1.82. The van der Waals surface area contributed by atoms with Gasteiger partial charge in [0, 0.05) is 0 Å². The molecule has 14 heavy (non-hydrogen) atoms. The minimum Gasteiger partial charge on any atom is -0.188 e. The maximum Gasteiger partial charge on any atom is 0.493 e. The highest BCUT2D eigenvalue weighted by molar-refractivity contribution is 6.28. The van der Waals surface area contributed by atoms with Gasteiger partial charge in [-0.25, -0.2) is 0 Å². The highest BCUT2D eigenvalue weighted by Gasteiger charge is 2.56. The van der Waals surface area contributed by atoms with Crippen molar-refractivity contribution >= 4 is 11.6 Å². The Morgan fingerprint density at radius 2 is 1.14 bits per heavy atom. The summed E-state index contributed by atoms with van der Waals surface area (Å²) < 4.78 is 92.9. The lowest BCUT2D eigenvalue weighted by molar-refractivity contribution is -0.365. The Kier molecular flexibility index (Phi) is 3.60. The fourth-order valence-corrected chi connectivity index (χ4v) is 0.535. The summed E-state index contributed by atoms with van der Waals surface area (Å²) in [5.74, 6) is -3.26. The molecule has 0 bridgehead atoms. The van der Waals surface area contributed by atoms with E-state index in [1.807, 2.05) is 0 Å². The molecule has 10 heteroatoms. The van der Waals surface area contributed by atoms with Crippen LogP contribution in [0, 0.1) is 0 Å². The molecule has 0 saturated heterocycles. The Morgan fingerprint density at radius 3 is 1.21 bits per heavy atom. The van der Waals surface area contributed by atoms with Crippen molar-refractivity contribution in [3.05, 3.63) is 11.2 Å². The van der Waals surface area contributed by atoms with Crippen LogP contribution in [0.25, 0.3) is 0 Å². The van der Waals surface area contributed by atoms with Crippen LogP contribution >= 0.6 is 11.6 Å². The van der Waals surface area contributed by atoms with Crippen molar-refractivity contribution in [2.45, 2.75) is 12.6 Å². The first kappa shape index (κ1) is 13.3. The molecule has 0 aliphatic rings. The molecular formula is C4ClF8N. The summed E-state index contributed by atoms with van der Waals surface area (Å²) in [6, 6.07) is 0. The van der Waals surface area contributed by atoms with Crippen LogP contribution in [0.15, 0.2) is 11.2 Å². The highest BCUT2D eigenvalue weighted by atomic mass is 35.5. The largest absolute Gasteiger partial charge is 0.493 e. The quantitative estimate of drug-likeness (QED) is 0.507. The first-order valence-corrected chi connectivity index (χ1v) is 3.00. The van der Waals surface area contributed by atoms with E-state index in [0.29, 0.717) is 0 Å². The van der Waals surface area contributed by atoms with Crippen LogP contribution in [-0.4, -0.2) is 17.5 Å². The monoisotopic (exact) mass is 249 g/mol. The fourth-order valence-electron chi connectivity index (χ4n) is 0.451. The summed E-state index contributed by atoms with van der Waals surface area (Å²) in [5.41, 5.74) is 0. The third kappa shape index (κ3) is 3.20. The van der Waals surface area contributed by atoms with E-state index in [9.17, 15) is 35.1 Å². The van der Waals surface area contributed by atoms with Crippen molar-refractivity contribution in [2.24, 2.45) is 0 Å². The number of nitrogens with zero attached hydrogens (tertiary/aromatic N) is 1. The van der Waals surface area contributed by atoms with Crippen molar-refractivity contribution in [1.82, 2.24) is 4.90 Å². The summed E-state index contributed by atoms with van der Waals surface area (Å²) in [6.45, 7) is 0. The summed E-state index contributed by atoms with van der Waals surface area (Å²) in [5, 5.41) is -2.74. The van der Waals surface area contributed by atoms with E-state index in [1.165, 1.54) is 0 Å². The van der Waals surface area contributed by atoms with Crippen molar-refractivity contribution in [1.29, 1.82) is 0 Å². The maximum atomic E-state index is 12.0. The molecule has 0 saturated carbocycles. The molecule has 0 aliphatic carbocycles. The van der Waals surface area contributed by atoms with Gasteiger partial charge in [-0.1, -0.05) is 0 Å². The normalized spacial score (nSPS) is 15.2. The van der Waals surface area contributed by atoms with E-state index in [4.69, 9.17) is 0 Å². The number of halogens is 9. The summed E-state index contributed by atoms with van der Waals surface area (Å²) in [4.78, 5) is -2.68. The zero-order valence-corrected chi connectivity index (χ0v) is 6.60. The Hall–Kier alpha value is -0.730. The molecule has 0 aromatic carbocycles. The van der Waals surface area contributed by atoms with Crippen molar-refractivity contribution in [3.8, 4) is 0 Å². The van der Waals surface area contributed by atoms with Gasteiger partial charge in [0.05, 0.1) is 0 Å². The molecule has 0 heterocycles. The van der Waals surface area contributed by atoms with Gasteiger partial charge in [-0.05, 0) is 11.6 Å². The summed E-state index contributed by atoms with van der Waals surface area (Å²) in [6.07, 6.45) is -12.3. The number of alkyl halides is 6. The molecule has 84 valence electrons. The maximum absolute atomic E-state index is 12.0. The van der Waals surface area contributed by atoms with Gasteiger partial charge >= 0.3 is 12.6 Å². The molecular weight excluding hydrogens is 249 g/mol. The number of rotatable bonds is 1. The first-order valence-electron chi connectivity index (χ1n) is 2.62. The summed E-state index contributed by atoms with van der Waals surface area (Å²) in [7, 11) is 0. The fraction of sp³-hybridized carbons (Fsp3) is 0.500. The van der Waals surface area contributed by atoms with Gasteiger partial charge in [-0.2, -0.15) is 13.7 Å². The van der Waals surface area contributed by atoms with Crippen LogP contribution in [0.5, 0.6) is 0 Å². The topological polar surface area (TPSA) is 3.24 Å². The standard InChI is InChI=1S/C4ClF8N/c5-1(6)2(7)14(3(8,9)10)4(11,12)13/b2-1-. The zero-order valence-electron chi connectivity index (χ0n) is 5.85. The number of hydrogen-bond donors (Lipinski definition) is 0. The smallest absolute Gasteiger partial charge is 0.188 e. The van der Waals surface area contributed by atoms with E-state index in [-0.39, 0.29) is 0 Å². The van der Waals surface area contributed by atoms with Crippen LogP contribution < -0.4 is 0 Å². The van der Waals surface area contributed by atoms with Crippen LogP contribution in [0.4, 0.5) is 35.1 Å². The van der Waals surface area contributed by atoms with Gasteiger partial charge in [-0.3, -0.25) is 0 Å². The second-order valence-corrected chi connectivity index (χ2v) is 2.15. The lowest BCUT2D eigenvalue weighted by Gasteiger charge is -2.26. The van der Waals surface area contributed by atoms with Crippen molar-refractivity contribution in [2.75, 3.05) is 0 Å². The van der Waals surface area contributed by atoms with Crippen LogP contribution in [0.3, 0.4) is 0 Å². The molecule has 0 amide bonds. The average Bonchev–Trinajstić information content (AvgIpc) is 1.79. The lowest BCUT2D eigenvalue weighted by atomic mass is 10.7. The molecule has 0 aliphatic heterocycles. The van der Waals surface area contributed by atoms with Crippen LogP contribution in [0.2, 0.25) is 0 Å². The molecule has 0 spiro atoms. The minimum absolute atomic E-state index is 2.68. The Bertz CT molecular complexity index is 221. The Morgan fingerprint density at radius 1 is 0.857 bits per heavy atom. The van der Waals surface area contributed by atoms with Gasteiger partial charge in [-0.15, -0.1) is 26.3 Å². The van der Waals surface area contributed by atoms with E-state index in [0.717, 1.165) is 0 Å². The van der Waals surface area contributed by atoms with Crippen LogP contribution in [0.1, 0.15) is 0 Å². The third-order valence-corrected chi connectivity index (χ3v) is 1.02. The molecule has 0 atom stereocenters. The highest BCUT2D eigenvalue weighted by Crippen LogP contribution is 2.39. The van der Waals surface area contributed by atoms with Crippen molar-refractivity contribution < 1.29 is 35.1 Å². The third-order valence-electron chi connectivity index (χ3n) is 0.859. The Balaban J connectivity index is 5.27. The predicted molar refractivity (Wildman–Crippen MR) is 29.0 cm³/mol. The first-order chi connectivity index (χ1) is 5.98. The van der Waals surface area contributed by atoms with Crippen LogP contribution in [-0.2, 0) is 0 Å². The van der Waals surface area contributed by atoms with E-state index >= 15 is 0 Å². The SMILES string of the molecule is F/C(Cl)=C(/F)N(C(F)(F)F)C(F)(F)F. The van der Waals surface area contributed by atoms with E-state index < -0.39 is 28.7 Å². The van der Waals surface area contributed by atoms with Gasteiger partial charge in [0.25, 0.3) is 5.95 Å². The van der Waals surface area contributed by atoms with Gasteiger partial charge in [0.2, 0.25) is 5.29 Å². The van der Waals surface area contributed by atoms with Gasteiger partial charge < -0.3 is 0 Å². The predicted octanol–water partition coefficient (Wildman–Crippen LogP) is 3.63. The zero-order chi connectivity index (χ0) is 11.7. The minimum atomic E-state index is -6.14. The molecule has 0 fully saturated rings.